The van der Waals surface area contributed by atoms with E-state index in [1.165, 1.54) is 0 Å². The highest BCUT2D eigenvalue weighted by atomic mass is 16.3. The summed E-state index contributed by atoms with van der Waals surface area (Å²) in [6.45, 7) is 25.7. The van der Waals surface area contributed by atoms with Gasteiger partial charge in [-0.15, -0.1) is 39.5 Å². The summed E-state index contributed by atoms with van der Waals surface area (Å²) in [4.78, 5) is 2.50. The molecule has 0 saturated carbocycles. The number of unbranched alkanes of at least 4 members (excludes halogenated alkanes) is 3. The van der Waals surface area contributed by atoms with Crippen molar-refractivity contribution in [2.75, 3.05) is 19.6 Å². The molecule has 0 amide bonds. The van der Waals surface area contributed by atoms with Crippen LogP contribution in [0.15, 0.2) is 75.9 Å². The van der Waals surface area contributed by atoms with Crippen LogP contribution < -0.4 is 0 Å². The van der Waals surface area contributed by atoms with Crippen LogP contribution in [0.1, 0.15) is 96.3 Å². The molecular weight excluding hydrogens is 458 g/mol. The Balaban J connectivity index is 4.87. The van der Waals surface area contributed by atoms with Gasteiger partial charge >= 0.3 is 0 Å². The predicted molar refractivity (Wildman–Crippen MR) is 162 cm³/mol. The Morgan fingerprint density at radius 2 is 0.622 bits per heavy atom. The van der Waals surface area contributed by atoms with Crippen molar-refractivity contribution in [1.29, 1.82) is 0 Å². The first-order valence-electron chi connectivity index (χ1n) is 14.2. The summed E-state index contributed by atoms with van der Waals surface area (Å²) in [5.41, 5.74) is -2.22. The fourth-order valence-corrected chi connectivity index (χ4v) is 5.18. The van der Waals surface area contributed by atoms with Gasteiger partial charge in [-0.1, -0.05) is 36.5 Å². The second-order valence-corrected chi connectivity index (χ2v) is 10.8. The third-order valence-corrected chi connectivity index (χ3v) is 7.25. The van der Waals surface area contributed by atoms with Crippen LogP contribution in [0.3, 0.4) is 0 Å². The molecule has 0 saturated heterocycles. The predicted octanol–water partition coefficient (Wildman–Crippen LogP) is 7.45. The average molecular weight is 516 g/mol. The van der Waals surface area contributed by atoms with E-state index in [0.717, 1.165) is 77.4 Å². The largest absolute Gasteiger partial charge is 0.389 e. The van der Waals surface area contributed by atoms with Crippen LogP contribution in [0.5, 0.6) is 0 Å². The molecule has 0 bridgehead atoms. The van der Waals surface area contributed by atoms with E-state index in [1.807, 2.05) is 0 Å². The van der Waals surface area contributed by atoms with E-state index in [-0.39, 0.29) is 0 Å². The summed E-state index contributed by atoms with van der Waals surface area (Å²) < 4.78 is 0. The van der Waals surface area contributed by atoms with Crippen LogP contribution in [-0.4, -0.2) is 56.7 Å². The van der Waals surface area contributed by atoms with Crippen LogP contribution in [0, 0.1) is 0 Å². The number of rotatable bonds is 27. The fourth-order valence-electron chi connectivity index (χ4n) is 5.18. The van der Waals surface area contributed by atoms with Crippen LogP contribution >= 0.6 is 0 Å². The zero-order valence-corrected chi connectivity index (χ0v) is 23.7. The van der Waals surface area contributed by atoms with E-state index in [4.69, 9.17) is 0 Å². The molecule has 212 valence electrons. The van der Waals surface area contributed by atoms with Gasteiger partial charge in [0.1, 0.15) is 0 Å². The van der Waals surface area contributed by atoms with E-state index < -0.39 is 16.8 Å². The maximum atomic E-state index is 10.8. The Hall–Kier alpha value is -1.72. The molecule has 0 aromatic heterocycles. The summed E-state index contributed by atoms with van der Waals surface area (Å²) in [7, 11) is 0. The molecule has 0 heterocycles. The molecule has 37 heavy (non-hydrogen) atoms. The Kier molecular flexibility index (Phi) is 19.3. The lowest BCUT2D eigenvalue weighted by Crippen LogP contribution is -2.31. The topological polar surface area (TPSA) is 63.9 Å². The van der Waals surface area contributed by atoms with Gasteiger partial charge in [0, 0.05) is 0 Å². The standard InChI is InChI=1S/C33H57NO3/c1-7-19-31(35,20-8-2)25-13-16-28-34(29-17-14-26-32(36,21-9-3)22-10-4)30-18-15-27-33(37,23-11-5)24-12-6/h7-12,35-37H,1-6,13-30H2. The molecule has 4 heteroatoms. The molecule has 0 aromatic carbocycles. The minimum atomic E-state index is -0.740. The van der Waals surface area contributed by atoms with E-state index >= 15 is 0 Å². The van der Waals surface area contributed by atoms with Crippen molar-refractivity contribution >= 4 is 0 Å². The molecule has 0 fully saturated rings. The second kappa shape index (κ2) is 20.3. The molecule has 0 aliphatic heterocycles. The molecule has 0 atom stereocenters. The third-order valence-electron chi connectivity index (χ3n) is 7.25. The van der Waals surface area contributed by atoms with E-state index in [0.29, 0.717) is 38.5 Å². The first kappa shape index (κ1) is 35.3. The molecule has 3 N–H and O–H groups in total. The minimum Gasteiger partial charge on any atom is -0.389 e. The van der Waals surface area contributed by atoms with Crippen molar-refractivity contribution in [3.05, 3.63) is 75.9 Å². The maximum Gasteiger partial charge on any atom is 0.0716 e. The fraction of sp³-hybridized carbons (Fsp3) is 0.636. The van der Waals surface area contributed by atoms with Gasteiger partial charge in [0.15, 0.2) is 0 Å². The van der Waals surface area contributed by atoms with Gasteiger partial charge in [-0.25, -0.2) is 0 Å². The smallest absolute Gasteiger partial charge is 0.0716 e. The Morgan fingerprint density at radius 1 is 0.405 bits per heavy atom. The van der Waals surface area contributed by atoms with Gasteiger partial charge < -0.3 is 20.2 Å². The zero-order chi connectivity index (χ0) is 28.0. The summed E-state index contributed by atoms with van der Waals surface area (Å²) in [6, 6.07) is 0. The van der Waals surface area contributed by atoms with Crippen molar-refractivity contribution in [2.24, 2.45) is 0 Å². The molecule has 0 aliphatic rings. The Labute approximate surface area is 228 Å². The molecule has 0 spiro atoms. The lowest BCUT2D eigenvalue weighted by molar-refractivity contribution is 0.0326. The lowest BCUT2D eigenvalue weighted by Gasteiger charge is -2.29. The first-order chi connectivity index (χ1) is 17.6. The lowest BCUT2D eigenvalue weighted by atomic mass is 9.89. The van der Waals surface area contributed by atoms with Gasteiger partial charge in [-0.3, -0.25) is 0 Å². The van der Waals surface area contributed by atoms with Crippen molar-refractivity contribution < 1.29 is 15.3 Å². The Bertz CT molecular complexity index is 548. The van der Waals surface area contributed by atoms with Gasteiger partial charge in [0.2, 0.25) is 0 Å². The molecule has 0 rings (SSSR count). The molecule has 0 unspecified atom stereocenters. The highest BCUT2D eigenvalue weighted by Gasteiger charge is 2.25. The van der Waals surface area contributed by atoms with Crippen molar-refractivity contribution in [3.63, 3.8) is 0 Å². The molecular formula is C33H57NO3. The molecule has 0 aromatic rings. The zero-order valence-electron chi connectivity index (χ0n) is 23.7. The summed E-state index contributed by atoms with van der Waals surface area (Å²) in [6.07, 6.45) is 22.3. The highest BCUT2D eigenvalue weighted by Crippen LogP contribution is 2.26. The van der Waals surface area contributed by atoms with Crippen molar-refractivity contribution in [2.45, 2.75) is 113 Å². The summed E-state index contributed by atoms with van der Waals surface area (Å²) >= 11 is 0. The van der Waals surface area contributed by atoms with Gasteiger partial charge in [0.25, 0.3) is 0 Å². The summed E-state index contributed by atoms with van der Waals surface area (Å²) in [5, 5.41) is 32.5. The van der Waals surface area contributed by atoms with Crippen LogP contribution in [0.25, 0.3) is 0 Å². The molecule has 0 aliphatic carbocycles. The van der Waals surface area contributed by atoms with Gasteiger partial charge in [-0.2, -0.15) is 0 Å². The highest BCUT2D eigenvalue weighted by molar-refractivity contribution is 4.93. The monoisotopic (exact) mass is 515 g/mol. The molecule has 4 nitrogen and oxygen atoms in total. The number of aliphatic hydroxyl groups is 3. The SMILES string of the molecule is C=CCC(O)(CC=C)CCCCN(CCCCC(O)(CC=C)CC=C)CCCCC(O)(CC=C)CC=C. The first-order valence-corrected chi connectivity index (χ1v) is 14.2. The van der Waals surface area contributed by atoms with Gasteiger partial charge in [0.05, 0.1) is 16.8 Å². The van der Waals surface area contributed by atoms with E-state index in [1.54, 1.807) is 36.5 Å². The summed E-state index contributed by atoms with van der Waals surface area (Å²) in [5.74, 6) is 0. The Morgan fingerprint density at radius 3 is 0.811 bits per heavy atom. The molecule has 0 radical (unpaired) electrons. The van der Waals surface area contributed by atoms with Crippen molar-refractivity contribution in [3.8, 4) is 0 Å². The quantitative estimate of drug-likeness (QED) is 0.0785. The number of hydrogen-bond donors (Lipinski definition) is 3. The second-order valence-electron chi connectivity index (χ2n) is 10.8. The minimum absolute atomic E-state index is 0.583. The van der Waals surface area contributed by atoms with Crippen molar-refractivity contribution in [1.82, 2.24) is 4.90 Å². The van der Waals surface area contributed by atoms with Crippen LogP contribution in [0.2, 0.25) is 0 Å². The number of nitrogens with zero attached hydrogens (tertiary/aromatic N) is 1. The maximum absolute atomic E-state index is 10.8. The van der Waals surface area contributed by atoms with Crippen LogP contribution in [0.4, 0.5) is 0 Å². The van der Waals surface area contributed by atoms with E-state index in [2.05, 4.69) is 44.4 Å². The average Bonchev–Trinajstić information content (AvgIpc) is 2.82. The third kappa shape index (κ3) is 16.7. The van der Waals surface area contributed by atoms with Crippen LogP contribution in [-0.2, 0) is 0 Å². The van der Waals surface area contributed by atoms with E-state index in [9.17, 15) is 15.3 Å². The van der Waals surface area contributed by atoms with Gasteiger partial charge in [-0.05, 0) is 116 Å². The normalized spacial score (nSPS) is 12.3. The number of hydrogen-bond acceptors (Lipinski definition) is 4.